The van der Waals surface area contributed by atoms with Gasteiger partial charge in [-0.3, -0.25) is 0 Å². The van der Waals surface area contributed by atoms with Gasteiger partial charge < -0.3 is 15.0 Å². The number of anilines is 1. The van der Waals surface area contributed by atoms with E-state index in [1.54, 1.807) is 0 Å². The van der Waals surface area contributed by atoms with Crippen LogP contribution in [0.5, 0.6) is 0 Å². The van der Waals surface area contributed by atoms with Crippen molar-refractivity contribution < 1.29 is 4.74 Å². The van der Waals surface area contributed by atoms with E-state index in [4.69, 9.17) is 10.00 Å². The van der Waals surface area contributed by atoms with Crippen LogP contribution in [0.15, 0.2) is 22.7 Å². The van der Waals surface area contributed by atoms with Crippen molar-refractivity contribution in [1.29, 1.82) is 5.26 Å². The van der Waals surface area contributed by atoms with Gasteiger partial charge in [-0.1, -0.05) is 6.07 Å². The molecule has 0 fully saturated rings. The lowest BCUT2D eigenvalue weighted by molar-refractivity contribution is 0.126. The summed E-state index contributed by atoms with van der Waals surface area (Å²) in [7, 11) is 4.03. The third-order valence-electron chi connectivity index (χ3n) is 2.37. The summed E-state index contributed by atoms with van der Waals surface area (Å²) in [5.74, 6) is 0. The Hall–Kier alpha value is -1.09. The summed E-state index contributed by atoms with van der Waals surface area (Å²) in [5, 5.41) is 12.2. The number of rotatable bonds is 7. The maximum Gasteiger partial charge on any atom is 0.103 e. The number of nitrogens with one attached hydrogen (secondary N) is 1. The smallest absolute Gasteiger partial charge is 0.103 e. The van der Waals surface area contributed by atoms with Crippen molar-refractivity contribution in [1.82, 2.24) is 4.90 Å². The number of benzene rings is 1. The molecule has 18 heavy (non-hydrogen) atoms. The Morgan fingerprint density at radius 3 is 2.83 bits per heavy atom. The zero-order chi connectivity index (χ0) is 13.4. The molecule has 98 valence electrons. The maximum atomic E-state index is 9.04. The van der Waals surface area contributed by atoms with Crippen molar-refractivity contribution in [2.75, 3.05) is 45.7 Å². The van der Waals surface area contributed by atoms with Gasteiger partial charge in [-0.15, -0.1) is 0 Å². The lowest BCUT2D eigenvalue weighted by Crippen LogP contribution is -2.20. The molecule has 0 atom stereocenters. The predicted molar refractivity (Wildman–Crippen MR) is 76.7 cm³/mol. The van der Waals surface area contributed by atoms with E-state index in [1.165, 1.54) is 0 Å². The second-order valence-corrected chi connectivity index (χ2v) is 4.97. The van der Waals surface area contributed by atoms with Crippen LogP contribution in [0, 0.1) is 11.3 Å². The zero-order valence-corrected chi connectivity index (χ0v) is 12.3. The highest BCUT2D eigenvalue weighted by molar-refractivity contribution is 9.10. The first-order valence-electron chi connectivity index (χ1n) is 5.80. The van der Waals surface area contributed by atoms with Crippen LogP contribution >= 0.6 is 15.9 Å². The minimum absolute atomic E-state index is 0.630. The minimum Gasteiger partial charge on any atom is -0.382 e. The summed E-state index contributed by atoms with van der Waals surface area (Å²) >= 11 is 3.36. The van der Waals surface area contributed by atoms with E-state index in [-0.39, 0.29) is 0 Å². The first kappa shape index (κ1) is 15.0. The van der Waals surface area contributed by atoms with Gasteiger partial charge in [0.05, 0.1) is 24.5 Å². The SMILES string of the molecule is CN(C)CCOCCNc1cccc(Br)c1C#N. The number of likely N-dealkylation sites (N-methyl/N-ethyl adjacent to an activating group) is 1. The zero-order valence-electron chi connectivity index (χ0n) is 10.7. The Kier molecular flexibility index (Phi) is 6.73. The largest absolute Gasteiger partial charge is 0.382 e. The molecule has 0 amide bonds. The van der Waals surface area contributed by atoms with Crippen molar-refractivity contribution in [3.63, 3.8) is 0 Å². The van der Waals surface area contributed by atoms with Crippen LogP contribution in [0.25, 0.3) is 0 Å². The fraction of sp³-hybridized carbons (Fsp3) is 0.462. The number of nitrogens with zero attached hydrogens (tertiary/aromatic N) is 2. The normalized spacial score (nSPS) is 10.4. The van der Waals surface area contributed by atoms with E-state index in [1.807, 2.05) is 32.3 Å². The Labute approximate surface area is 117 Å². The third kappa shape index (κ3) is 5.05. The van der Waals surface area contributed by atoms with Crippen LogP contribution in [0.2, 0.25) is 0 Å². The molecule has 0 saturated carbocycles. The van der Waals surface area contributed by atoms with Crippen molar-refractivity contribution >= 4 is 21.6 Å². The van der Waals surface area contributed by atoms with E-state index in [0.717, 1.165) is 23.3 Å². The number of hydrogen-bond donors (Lipinski definition) is 1. The van der Waals surface area contributed by atoms with E-state index in [0.29, 0.717) is 18.7 Å². The molecule has 0 bridgehead atoms. The highest BCUT2D eigenvalue weighted by Gasteiger charge is 2.04. The first-order chi connectivity index (χ1) is 8.65. The second-order valence-electron chi connectivity index (χ2n) is 4.12. The molecule has 1 aromatic carbocycles. The molecule has 0 aliphatic rings. The number of nitriles is 1. The van der Waals surface area contributed by atoms with Gasteiger partial charge in [0.25, 0.3) is 0 Å². The Bertz CT molecular complexity index is 415. The van der Waals surface area contributed by atoms with Crippen LogP contribution in [-0.4, -0.2) is 45.3 Å². The molecular weight excluding hydrogens is 294 g/mol. The van der Waals surface area contributed by atoms with Crippen LogP contribution in [-0.2, 0) is 4.74 Å². The predicted octanol–water partition coefficient (Wildman–Crippen LogP) is 2.31. The van der Waals surface area contributed by atoms with E-state index in [9.17, 15) is 0 Å². The molecule has 0 saturated heterocycles. The molecule has 5 heteroatoms. The summed E-state index contributed by atoms with van der Waals surface area (Å²) in [6.45, 7) is 2.96. The lowest BCUT2D eigenvalue weighted by Gasteiger charge is -2.11. The molecule has 0 radical (unpaired) electrons. The van der Waals surface area contributed by atoms with Gasteiger partial charge in [0.15, 0.2) is 0 Å². The maximum absolute atomic E-state index is 9.04. The van der Waals surface area contributed by atoms with Crippen molar-refractivity contribution in [2.24, 2.45) is 0 Å². The van der Waals surface area contributed by atoms with Gasteiger partial charge in [-0.05, 0) is 42.2 Å². The summed E-state index contributed by atoms with van der Waals surface area (Å²) in [6, 6.07) is 7.83. The average molecular weight is 312 g/mol. The fourth-order valence-corrected chi connectivity index (χ4v) is 1.85. The Balaban J connectivity index is 2.32. The average Bonchev–Trinajstić information content (AvgIpc) is 2.33. The van der Waals surface area contributed by atoms with Crippen LogP contribution in [0.3, 0.4) is 0 Å². The minimum atomic E-state index is 0.630. The molecule has 0 unspecified atom stereocenters. The Morgan fingerprint density at radius 1 is 1.39 bits per heavy atom. The van der Waals surface area contributed by atoms with Crippen LogP contribution in [0.1, 0.15) is 5.56 Å². The molecule has 0 heterocycles. The van der Waals surface area contributed by atoms with Gasteiger partial charge >= 0.3 is 0 Å². The van der Waals surface area contributed by atoms with Gasteiger partial charge in [0.1, 0.15) is 6.07 Å². The van der Waals surface area contributed by atoms with Gasteiger partial charge in [-0.25, -0.2) is 0 Å². The van der Waals surface area contributed by atoms with Crippen molar-refractivity contribution in [2.45, 2.75) is 0 Å². The fourth-order valence-electron chi connectivity index (χ4n) is 1.39. The molecule has 1 aromatic rings. The van der Waals surface area contributed by atoms with Crippen LogP contribution < -0.4 is 5.32 Å². The monoisotopic (exact) mass is 311 g/mol. The molecular formula is C13H18BrN3O. The molecule has 0 spiro atoms. The highest BCUT2D eigenvalue weighted by Crippen LogP contribution is 2.23. The summed E-state index contributed by atoms with van der Waals surface area (Å²) < 4.78 is 6.28. The first-order valence-corrected chi connectivity index (χ1v) is 6.59. The topological polar surface area (TPSA) is 48.3 Å². The van der Waals surface area contributed by atoms with Crippen LogP contribution in [0.4, 0.5) is 5.69 Å². The second kappa shape index (κ2) is 8.09. The molecule has 0 aliphatic carbocycles. The Morgan fingerprint density at radius 2 is 2.17 bits per heavy atom. The van der Waals surface area contributed by atoms with E-state index in [2.05, 4.69) is 32.2 Å². The van der Waals surface area contributed by atoms with Crippen molar-refractivity contribution in [3.05, 3.63) is 28.2 Å². The third-order valence-corrected chi connectivity index (χ3v) is 3.03. The number of halogens is 1. The molecule has 0 aliphatic heterocycles. The van der Waals surface area contributed by atoms with Gasteiger partial charge in [0, 0.05) is 17.6 Å². The molecule has 1 rings (SSSR count). The van der Waals surface area contributed by atoms with E-state index >= 15 is 0 Å². The summed E-state index contributed by atoms with van der Waals surface area (Å²) in [6.07, 6.45) is 0. The molecule has 0 aromatic heterocycles. The lowest BCUT2D eigenvalue weighted by atomic mass is 10.2. The number of hydrogen-bond acceptors (Lipinski definition) is 4. The van der Waals surface area contributed by atoms with Crippen molar-refractivity contribution in [3.8, 4) is 6.07 Å². The van der Waals surface area contributed by atoms with Gasteiger partial charge in [-0.2, -0.15) is 5.26 Å². The molecule has 1 N–H and O–H groups in total. The standard InChI is InChI=1S/C13H18BrN3O/c1-17(2)7-9-18-8-6-16-13-5-3-4-12(14)11(13)10-15/h3-5,16H,6-9H2,1-2H3. The summed E-state index contributed by atoms with van der Waals surface area (Å²) in [4.78, 5) is 2.08. The number of ether oxygens (including phenoxy) is 1. The quantitative estimate of drug-likeness (QED) is 0.785. The van der Waals surface area contributed by atoms with E-state index < -0.39 is 0 Å². The highest BCUT2D eigenvalue weighted by atomic mass is 79.9. The molecule has 4 nitrogen and oxygen atoms in total. The van der Waals surface area contributed by atoms with Gasteiger partial charge in [0.2, 0.25) is 0 Å². The summed E-state index contributed by atoms with van der Waals surface area (Å²) in [5.41, 5.74) is 1.47.